The van der Waals surface area contributed by atoms with Gasteiger partial charge >= 0.3 is 0 Å². The number of benzene rings is 1. The highest BCUT2D eigenvalue weighted by molar-refractivity contribution is 5.80. The zero-order valence-electron chi connectivity index (χ0n) is 9.17. The maximum atomic E-state index is 10.9. The SMILES string of the molecule is O=Cc1ccc([N+](=O)[O-])c(N2CCOCC2)c1. The monoisotopic (exact) mass is 236 g/mol. The Labute approximate surface area is 97.9 Å². The molecule has 0 saturated carbocycles. The molecule has 0 N–H and O–H groups in total. The molecule has 0 unspecified atom stereocenters. The molecule has 0 spiro atoms. The summed E-state index contributed by atoms with van der Waals surface area (Å²) in [5.74, 6) is 0. The zero-order chi connectivity index (χ0) is 12.3. The minimum atomic E-state index is -0.431. The Bertz CT molecular complexity index is 441. The van der Waals surface area contributed by atoms with Crippen molar-refractivity contribution < 1.29 is 14.5 Å². The van der Waals surface area contributed by atoms with Gasteiger partial charge in [0.25, 0.3) is 5.69 Å². The van der Waals surface area contributed by atoms with Gasteiger partial charge in [0, 0.05) is 24.7 Å². The highest BCUT2D eigenvalue weighted by atomic mass is 16.6. The largest absolute Gasteiger partial charge is 0.378 e. The molecule has 17 heavy (non-hydrogen) atoms. The van der Waals surface area contributed by atoms with E-state index < -0.39 is 4.92 Å². The molecule has 1 aromatic carbocycles. The van der Waals surface area contributed by atoms with Crippen molar-refractivity contribution in [2.75, 3.05) is 31.2 Å². The van der Waals surface area contributed by atoms with Crippen LogP contribution in [-0.4, -0.2) is 37.5 Å². The van der Waals surface area contributed by atoms with Gasteiger partial charge in [-0.3, -0.25) is 14.9 Å². The third-order valence-corrected chi connectivity index (χ3v) is 2.68. The van der Waals surface area contributed by atoms with Gasteiger partial charge in [0.2, 0.25) is 0 Å². The van der Waals surface area contributed by atoms with E-state index in [0.29, 0.717) is 43.8 Å². The van der Waals surface area contributed by atoms with Crippen LogP contribution in [0.25, 0.3) is 0 Å². The second-order valence-corrected chi connectivity index (χ2v) is 3.72. The van der Waals surface area contributed by atoms with Crippen molar-refractivity contribution in [2.45, 2.75) is 0 Å². The Kier molecular flexibility index (Phi) is 3.34. The van der Waals surface area contributed by atoms with Gasteiger partial charge in [-0.25, -0.2) is 0 Å². The lowest BCUT2D eigenvalue weighted by Crippen LogP contribution is -2.36. The first-order valence-corrected chi connectivity index (χ1v) is 5.28. The van der Waals surface area contributed by atoms with E-state index in [0.717, 1.165) is 0 Å². The molecule has 1 aliphatic heterocycles. The first-order valence-electron chi connectivity index (χ1n) is 5.28. The molecule has 0 radical (unpaired) electrons. The van der Waals surface area contributed by atoms with Crippen molar-refractivity contribution in [1.82, 2.24) is 0 Å². The quantitative estimate of drug-likeness (QED) is 0.448. The van der Waals surface area contributed by atoms with Crippen molar-refractivity contribution in [3.8, 4) is 0 Å². The molecule has 0 aliphatic carbocycles. The predicted octanol–water partition coefficient (Wildman–Crippen LogP) is 1.24. The number of nitrogens with zero attached hydrogens (tertiary/aromatic N) is 2. The average Bonchev–Trinajstić information content (AvgIpc) is 2.39. The van der Waals surface area contributed by atoms with E-state index in [-0.39, 0.29) is 5.69 Å². The lowest BCUT2D eigenvalue weighted by atomic mass is 10.1. The van der Waals surface area contributed by atoms with Crippen molar-refractivity contribution in [3.05, 3.63) is 33.9 Å². The first kappa shape index (κ1) is 11.5. The summed E-state index contributed by atoms with van der Waals surface area (Å²) >= 11 is 0. The van der Waals surface area contributed by atoms with Crippen LogP contribution in [0.1, 0.15) is 10.4 Å². The van der Waals surface area contributed by atoms with Crippen LogP contribution in [0.3, 0.4) is 0 Å². The molecule has 1 fully saturated rings. The number of anilines is 1. The molecule has 1 aromatic rings. The fourth-order valence-corrected chi connectivity index (χ4v) is 1.83. The second-order valence-electron chi connectivity index (χ2n) is 3.72. The Morgan fingerprint density at radius 1 is 1.35 bits per heavy atom. The molecule has 2 rings (SSSR count). The van der Waals surface area contributed by atoms with Gasteiger partial charge in [0.15, 0.2) is 0 Å². The number of carbonyl (C=O) groups excluding carboxylic acids is 1. The number of nitro groups is 1. The summed E-state index contributed by atoms with van der Waals surface area (Å²) in [5.41, 5.74) is 0.956. The third kappa shape index (κ3) is 2.42. The molecule has 0 atom stereocenters. The number of carbonyl (C=O) groups is 1. The lowest BCUT2D eigenvalue weighted by Gasteiger charge is -2.28. The van der Waals surface area contributed by atoms with Crippen molar-refractivity contribution in [1.29, 1.82) is 0 Å². The molecule has 1 heterocycles. The van der Waals surface area contributed by atoms with Crippen molar-refractivity contribution in [3.63, 3.8) is 0 Å². The van der Waals surface area contributed by atoms with Gasteiger partial charge in [-0.2, -0.15) is 0 Å². The summed E-state index contributed by atoms with van der Waals surface area (Å²) in [4.78, 5) is 23.1. The normalized spacial score (nSPS) is 15.6. The van der Waals surface area contributed by atoms with Crippen LogP contribution in [0.4, 0.5) is 11.4 Å². The number of hydrogen-bond donors (Lipinski definition) is 0. The van der Waals surface area contributed by atoms with Crippen LogP contribution in [0.5, 0.6) is 0 Å². The molecule has 0 aromatic heterocycles. The van der Waals surface area contributed by atoms with E-state index in [1.165, 1.54) is 12.1 Å². The van der Waals surface area contributed by atoms with Crippen LogP contribution < -0.4 is 4.90 Å². The highest BCUT2D eigenvalue weighted by Crippen LogP contribution is 2.29. The van der Waals surface area contributed by atoms with Gasteiger partial charge in [-0.15, -0.1) is 0 Å². The summed E-state index contributed by atoms with van der Waals surface area (Å²) in [6.45, 7) is 2.29. The smallest absolute Gasteiger partial charge is 0.292 e. The summed E-state index contributed by atoms with van der Waals surface area (Å²) < 4.78 is 5.20. The van der Waals surface area contributed by atoms with Gasteiger partial charge in [0.05, 0.1) is 18.1 Å². The molecule has 0 amide bonds. The standard InChI is InChI=1S/C11H12N2O4/c14-8-9-1-2-10(13(15)16)11(7-9)12-3-5-17-6-4-12/h1-2,7-8H,3-6H2. The summed E-state index contributed by atoms with van der Waals surface area (Å²) in [6, 6.07) is 4.38. The maximum Gasteiger partial charge on any atom is 0.292 e. The van der Waals surface area contributed by atoms with Crippen molar-refractivity contribution >= 4 is 17.7 Å². The second kappa shape index (κ2) is 4.92. The first-order chi connectivity index (χ1) is 8.22. The Morgan fingerprint density at radius 2 is 2.06 bits per heavy atom. The zero-order valence-corrected chi connectivity index (χ0v) is 9.17. The fourth-order valence-electron chi connectivity index (χ4n) is 1.83. The third-order valence-electron chi connectivity index (χ3n) is 2.68. The van der Waals surface area contributed by atoms with E-state index in [1.807, 2.05) is 4.90 Å². The topological polar surface area (TPSA) is 72.7 Å². The Hall–Kier alpha value is -1.95. The number of nitro benzene ring substituents is 1. The van der Waals surface area contributed by atoms with Crippen LogP contribution in [-0.2, 0) is 4.74 Å². The van der Waals surface area contributed by atoms with Crippen molar-refractivity contribution in [2.24, 2.45) is 0 Å². The molecule has 90 valence electrons. The van der Waals surface area contributed by atoms with E-state index >= 15 is 0 Å². The van der Waals surface area contributed by atoms with E-state index in [2.05, 4.69) is 0 Å². The Balaban J connectivity index is 2.39. The summed E-state index contributed by atoms with van der Waals surface area (Å²) in [6.07, 6.45) is 0.688. The minimum Gasteiger partial charge on any atom is -0.378 e. The minimum absolute atomic E-state index is 0.0255. The van der Waals surface area contributed by atoms with Crippen LogP contribution in [0, 0.1) is 10.1 Å². The average molecular weight is 236 g/mol. The number of hydrogen-bond acceptors (Lipinski definition) is 5. The van der Waals surface area contributed by atoms with Gasteiger partial charge < -0.3 is 9.64 Å². The number of morpholine rings is 1. The Morgan fingerprint density at radius 3 is 2.65 bits per heavy atom. The number of aldehydes is 1. The molecule has 0 bridgehead atoms. The summed E-state index contributed by atoms with van der Waals surface area (Å²) in [5, 5.41) is 10.9. The van der Waals surface area contributed by atoms with E-state index in [4.69, 9.17) is 4.74 Å². The fraction of sp³-hybridized carbons (Fsp3) is 0.364. The molecule has 6 heteroatoms. The summed E-state index contributed by atoms with van der Waals surface area (Å²) in [7, 11) is 0. The van der Waals surface area contributed by atoms with Crippen LogP contribution in [0.2, 0.25) is 0 Å². The predicted molar refractivity (Wildman–Crippen MR) is 61.5 cm³/mol. The van der Waals surface area contributed by atoms with E-state index in [9.17, 15) is 14.9 Å². The molecule has 6 nitrogen and oxygen atoms in total. The molecular weight excluding hydrogens is 224 g/mol. The van der Waals surface area contributed by atoms with Crippen LogP contribution in [0.15, 0.2) is 18.2 Å². The van der Waals surface area contributed by atoms with Gasteiger partial charge in [0.1, 0.15) is 12.0 Å². The molecular formula is C11H12N2O4. The van der Waals surface area contributed by atoms with E-state index in [1.54, 1.807) is 6.07 Å². The van der Waals surface area contributed by atoms with Gasteiger partial charge in [-0.1, -0.05) is 0 Å². The highest BCUT2D eigenvalue weighted by Gasteiger charge is 2.21. The number of ether oxygens (including phenoxy) is 1. The molecule has 1 aliphatic rings. The molecule has 1 saturated heterocycles. The van der Waals surface area contributed by atoms with Gasteiger partial charge in [-0.05, 0) is 12.1 Å². The number of rotatable bonds is 3. The van der Waals surface area contributed by atoms with Crippen LogP contribution >= 0.6 is 0 Å². The lowest BCUT2D eigenvalue weighted by molar-refractivity contribution is -0.384. The maximum absolute atomic E-state index is 10.9.